The SMILES string of the molecule is Cn1cc(C2=NCc3ccc(N4CC[C@]5(CCN(CC(=O)N6CC=C(c7ccc(-c8ncn(C)n8)cc7)CC6)C5)C4=O)cc32)cn1. The molecule has 4 aliphatic rings. The van der Waals surface area contributed by atoms with Crippen molar-refractivity contribution >= 4 is 28.8 Å². The smallest absolute Gasteiger partial charge is 0.237 e. The van der Waals surface area contributed by atoms with Gasteiger partial charge in [-0.15, -0.1) is 0 Å². The van der Waals surface area contributed by atoms with Crippen LogP contribution in [0.25, 0.3) is 17.0 Å². The number of nitrogens with zero attached hydrogens (tertiary/aromatic N) is 9. The van der Waals surface area contributed by atoms with Crippen molar-refractivity contribution in [1.82, 2.24) is 34.3 Å². The largest absolute Gasteiger partial charge is 0.338 e. The molecule has 1 spiro atoms. The summed E-state index contributed by atoms with van der Waals surface area (Å²) in [6, 6.07) is 14.6. The van der Waals surface area contributed by atoms with Gasteiger partial charge in [0.25, 0.3) is 0 Å². The van der Waals surface area contributed by atoms with Crippen LogP contribution in [0.4, 0.5) is 5.69 Å². The van der Waals surface area contributed by atoms with E-state index >= 15 is 0 Å². The molecule has 4 aromatic rings. The zero-order chi connectivity index (χ0) is 31.4. The third-order valence-electron chi connectivity index (χ3n) is 10.0. The molecule has 46 heavy (non-hydrogen) atoms. The Morgan fingerprint density at radius 2 is 1.78 bits per heavy atom. The zero-order valence-electron chi connectivity index (χ0n) is 26.3. The van der Waals surface area contributed by atoms with Gasteiger partial charge in [0, 0.05) is 68.8 Å². The van der Waals surface area contributed by atoms with Crippen LogP contribution in [0.1, 0.15) is 41.5 Å². The molecular formula is C35H37N9O2. The molecule has 0 aliphatic carbocycles. The summed E-state index contributed by atoms with van der Waals surface area (Å²) >= 11 is 0. The molecule has 2 aromatic heterocycles. The van der Waals surface area contributed by atoms with E-state index in [0.717, 1.165) is 53.9 Å². The third kappa shape index (κ3) is 5.04. The molecule has 0 radical (unpaired) electrons. The van der Waals surface area contributed by atoms with Gasteiger partial charge in [-0.3, -0.25) is 28.8 Å². The van der Waals surface area contributed by atoms with Crippen molar-refractivity contribution in [2.75, 3.05) is 44.2 Å². The van der Waals surface area contributed by atoms with Crippen LogP contribution in [0.3, 0.4) is 0 Å². The molecule has 2 aromatic carbocycles. The standard InChI is InChI=1S/C35H37N9O2/c1-40-20-28(19-38-40)32-30-17-29(8-7-27(30)18-36-32)44-16-12-35(34(44)46)11-15-42(22-35)21-31(45)43-13-9-25(10-14-43)24-3-5-26(6-4-24)33-37-23-41(2)39-33/h3-9,17,19-20,23H,10-16,18,21-22H2,1-2H3/t35-/m0/s1. The van der Waals surface area contributed by atoms with E-state index in [9.17, 15) is 9.59 Å². The van der Waals surface area contributed by atoms with Gasteiger partial charge in [-0.2, -0.15) is 10.2 Å². The molecule has 234 valence electrons. The molecule has 0 saturated carbocycles. The predicted octanol–water partition coefficient (Wildman–Crippen LogP) is 3.31. The normalized spacial score (nSPS) is 21.3. The molecular weight excluding hydrogens is 578 g/mol. The summed E-state index contributed by atoms with van der Waals surface area (Å²) in [4.78, 5) is 42.5. The maximum atomic E-state index is 13.9. The second kappa shape index (κ2) is 11.2. The number of carbonyl (C=O) groups excluding carboxylic acids is 2. The number of aryl methyl sites for hydroxylation is 2. The molecule has 6 heterocycles. The number of likely N-dealkylation sites (tertiary alicyclic amines) is 1. The Balaban J connectivity index is 0.882. The number of anilines is 1. The average molecular weight is 616 g/mol. The van der Waals surface area contributed by atoms with Crippen LogP contribution in [-0.4, -0.2) is 91.1 Å². The molecule has 0 unspecified atom stereocenters. The molecule has 11 nitrogen and oxygen atoms in total. The summed E-state index contributed by atoms with van der Waals surface area (Å²) in [5.74, 6) is 1.02. The van der Waals surface area contributed by atoms with Crippen LogP contribution >= 0.6 is 0 Å². The van der Waals surface area contributed by atoms with Gasteiger partial charge in [-0.25, -0.2) is 4.98 Å². The molecule has 4 aliphatic heterocycles. The minimum Gasteiger partial charge on any atom is -0.338 e. The van der Waals surface area contributed by atoms with Crippen molar-refractivity contribution in [2.45, 2.75) is 25.8 Å². The number of carbonyl (C=O) groups is 2. The lowest BCUT2D eigenvalue weighted by Crippen LogP contribution is -2.43. The highest BCUT2D eigenvalue weighted by Crippen LogP contribution is 2.43. The molecule has 8 rings (SSSR count). The summed E-state index contributed by atoms with van der Waals surface area (Å²) in [6.07, 6.45) is 10.1. The van der Waals surface area contributed by atoms with Crippen molar-refractivity contribution in [1.29, 1.82) is 0 Å². The first kappa shape index (κ1) is 28.6. The average Bonchev–Trinajstić information content (AvgIpc) is 3.91. The fourth-order valence-corrected chi connectivity index (χ4v) is 7.42. The van der Waals surface area contributed by atoms with Crippen LogP contribution in [-0.2, 0) is 30.2 Å². The summed E-state index contributed by atoms with van der Waals surface area (Å²) in [5, 5.41) is 8.69. The third-order valence-corrected chi connectivity index (χ3v) is 10.0. The Labute approximate surface area is 267 Å². The lowest BCUT2D eigenvalue weighted by Gasteiger charge is -2.29. The summed E-state index contributed by atoms with van der Waals surface area (Å²) in [6.45, 7) is 4.39. The quantitative estimate of drug-likeness (QED) is 0.330. The number of aliphatic imine (C=N–C) groups is 1. The number of hydrogen-bond donors (Lipinski definition) is 0. The lowest BCUT2D eigenvalue weighted by atomic mass is 9.85. The minimum atomic E-state index is -0.425. The number of fused-ring (bicyclic) bond motifs is 1. The molecule has 11 heteroatoms. The maximum Gasteiger partial charge on any atom is 0.237 e. The fraction of sp³-hybridized carbons (Fsp3) is 0.371. The van der Waals surface area contributed by atoms with Gasteiger partial charge in [0.1, 0.15) is 6.33 Å². The first-order valence-corrected chi connectivity index (χ1v) is 16.0. The maximum absolute atomic E-state index is 13.9. The van der Waals surface area contributed by atoms with Crippen LogP contribution in [0.5, 0.6) is 0 Å². The highest BCUT2D eigenvalue weighted by molar-refractivity contribution is 6.15. The monoisotopic (exact) mass is 615 g/mol. The second-order valence-electron chi connectivity index (χ2n) is 13.0. The van der Waals surface area contributed by atoms with E-state index in [4.69, 9.17) is 4.99 Å². The molecule has 0 bridgehead atoms. The fourth-order valence-electron chi connectivity index (χ4n) is 7.42. The van der Waals surface area contributed by atoms with E-state index < -0.39 is 5.41 Å². The van der Waals surface area contributed by atoms with Crippen LogP contribution in [0.2, 0.25) is 0 Å². The van der Waals surface area contributed by atoms with Gasteiger partial charge in [0.05, 0.1) is 30.4 Å². The van der Waals surface area contributed by atoms with Gasteiger partial charge < -0.3 is 9.80 Å². The summed E-state index contributed by atoms with van der Waals surface area (Å²) < 4.78 is 3.48. The molecule has 1 atom stereocenters. The van der Waals surface area contributed by atoms with Gasteiger partial charge in [-0.1, -0.05) is 36.4 Å². The summed E-state index contributed by atoms with van der Waals surface area (Å²) in [7, 11) is 3.76. The Hall–Kier alpha value is -4.90. The van der Waals surface area contributed by atoms with Crippen molar-refractivity contribution in [3.05, 3.63) is 89.5 Å². The predicted molar refractivity (Wildman–Crippen MR) is 175 cm³/mol. The van der Waals surface area contributed by atoms with E-state index in [1.807, 2.05) is 36.3 Å². The van der Waals surface area contributed by atoms with E-state index in [-0.39, 0.29) is 11.8 Å². The minimum absolute atomic E-state index is 0.132. The van der Waals surface area contributed by atoms with Crippen molar-refractivity contribution in [3.63, 3.8) is 0 Å². The Kier molecular flexibility index (Phi) is 6.93. The van der Waals surface area contributed by atoms with Crippen LogP contribution < -0.4 is 4.90 Å². The highest BCUT2D eigenvalue weighted by Gasteiger charge is 2.51. The number of hydrogen-bond acceptors (Lipinski definition) is 7. The van der Waals surface area contributed by atoms with Crippen LogP contribution in [0.15, 0.2) is 72.3 Å². The molecule has 0 N–H and O–H groups in total. The van der Waals surface area contributed by atoms with E-state index in [1.165, 1.54) is 16.7 Å². The summed E-state index contributed by atoms with van der Waals surface area (Å²) in [5.41, 5.74) is 8.09. The Morgan fingerprint density at radius 1 is 0.957 bits per heavy atom. The first-order chi connectivity index (χ1) is 22.3. The van der Waals surface area contributed by atoms with Gasteiger partial charge in [-0.05, 0) is 54.6 Å². The van der Waals surface area contributed by atoms with Crippen LogP contribution in [0, 0.1) is 5.41 Å². The van der Waals surface area contributed by atoms with Gasteiger partial charge in [0.15, 0.2) is 5.82 Å². The second-order valence-corrected chi connectivity index (χ2v) is 13.0. The topological polar surface area (TPSA) is 105 Å². The number of amides is 2. The first-order valence-electron chi connectivity index (χ1n) is 16.0. The zero-order valence-corrected chi connectivity index (χ0v) is 26.3. The van der Waals surface area contributed by atoms with Crippen molar-refractivity contribution in [2.24, 2.45) is 24.5 Å². The van der Waals surface area contributed by atoms with Crippen molar-refractivity contribution < 1.29 is 9.59 Å². The highest BCUT2D eigenvalue weighted by atomic mass is 16.2. The number of aromatic nitrogens is 5. The molecule has 2 fully saturated rings. The van der Waals surface area contributed by atoms with Gasteiger partial charge >= 0.3 is 0 Å². The number of rotatable bonds is 6. The lowest BCUT2D eigenvalue weighted by molar-refractivity contribution is -0.132. The Morgan fingerprint density at radius 3 is 2.52 bits per heavy atom. The van der Waals surface area contributed by atoms with E-state index in [0.29, 0.717) is 45.1 Å². The Bertz CT molecular complexity index is 1900. The van der Waals surface area contributed by atoms with E-state index in [2.05, 4.69) is 68.6 Å². The van der Waals surface area contributed by atoms with Gasteiger partial charge in [0.2, 0.25) is 11.8 Å². The number of benzene rings is 2. The van der Waals surface area contributed by atoms with Crippen molar-refractivity contribution in [3.8, 4) is 11.4 Å². The molecule has 2 amide bonds. The molecule has 2 saturated heterocycles. The van der Waals surface area contributed by atoms with E-state index in [1.54, 1.807) is 15.7 Å².